The van der Waals surface area contributed by atoms with Crippen LogP contribution in [0.15, 0.2) is 34.9 Å². The van der Waals surface area contributed by atoms with Gasteiger partial charge in [-0.3, -0.25) is 0 Å². The van der Waals surface area contributed by atoms with Crippen LogP contribution >= 0.6 is 0 Å². The summed E-state index contributed by atoms with van der Waals surface area (Å²) in [7, 11) is 0. The molecule has 0 saturated heterocycles. The maximum Gasteiger partial charge on any atom is 0.00392 e. The van der Waals surface area contributed by atoms with Gasteiger partial charge in [-0.05, 0) is 34.1 Å². The van der Waals surface area contributed by atoms with E-state index in [-0.39, 0.29) is 0 Å². The normalized spacial score (nSPS) is 24.0. The van der Waals surface area contributed by atoms with Crippen molar-refractivity contribution in [2.24, 2.45) is 5.92 Å². The van der Waals surface area contributed by atoms with Crippen molar-refractivity contribution in [3.05, 3.63) is 34.9 Å². The lowest BCUT2D eigenvalue weighted by atomic mass is 9.82. The molecule has 1 rings (SSSR count). The number of rotatable bonds is 1. The number of hydrogen-bond acceptors (Lipinski definition) is 0. The van der Waals surface area contributed by atoms with Crippen LogP contribution in [-0.4, -0.2) is 0 Å². The van der Waals surface area contributed by atoms with Crippen molar-refractivity contribution in [1.29, 1.82) is 0 Å². The second-order valence-electron chi connectivity index (χ2n) is 3.95. The lowest BCUT2D eigenvalue weighted by Crippen LogP contribution is -2.08. The third kappa shape index (κ3) is 1.69. The molecule has 0 aromatic rings. The highest BCUT2D eigenvalue weighted by Crippen LogP contribution is 2.32. The maximum atomic E-state index is 4.03. The topological polar surface area (TPSA) is 0 Å². The van der Waals surface area contributed by atoms with Gasteiger partial charge in [-0.25, -0.2) is 0 Å². The zero-order chi connectivity index (χ0) is 9.30. The summed E-state index contributed by atoms with van der Waals surface area (Å²) >= 11 is 0. The van der Waals surface area contributed by atoms with Gasteiger partial charge in [0.1, 0.15) is 0 Å². The minimum absolute atomic E-state index is 0.591. The van der Waals surface area contributed by atoms with Gasteiger partial charge in [0.2, 0.25) is 0 Å². The van der Waals surface area contributed by atoms with Crippen LogP contribution < -0.4 is 0 Å². The predicted octanol–water partition coefficient (Wildman–Crippen LogP) is 3.87. The minimum atomic E-state index is 0.591. The highest BCUT2D eigenvalue weighted by Gasteiger charge is 2.16. The van der Waals surface area contributed by atoms with Crippen LogP contribution in [0.3, 0.4) is 0 Å². The van der Waals surface area contributed by atoms with Crippen molar-refractivity contribution in [3.8, 4) is 0 Å². The molecule has 0 amide bonds. The van der Waals surface area contributed by atoms with Crippen LogP contribution in [-0.2, 0) is 0 Å². The van der Waals surface area contributed by atoms with Crippen molar-refractivity contribution in [2.45, 2.75) is 34.1 Å². The SMILES string of the molecule is C=C(C)C1CC(C)=C(C)C=C1C. The average Bonchev–Trinajstić information content (AvgIpc) is 1.96. The van der Waals surface area contributed by atoms with E-state index >= 15 is 0 Å². The molecule has 0 spiro atoms. The molecule has 0 nitrogen and oxygen atoms in total. The van der Waals surface area contributed by atoms with Gasteiger partial charge in [0.15, 0.2) is 0 Å². The van der Waals surface area contributed by atoms with Gasteiger partial charge < -0.3 is 0 Å². The molecule has 0 aromatic carbocycles. The molecule has 0 N–H and O–H groups in total. The molecular formula is C12H18. The first-order valence-electron chi connectivity index (χ1n) is 4.52. The molecule has 0 radical (unpaired) electrons. The third-order valence-electron chi connectivity index (χ3n) is 2.77. The highest BCUT2D eigenvalue weighted by atomic mass is 14.2. The van der Waals surface area contributed by atoms with E-state index in [9.17, 15) is 0 Å². The standard InChI is InChI=1S/C12H18/c1-8(2)12-7-10(4)9(3)6-11(12)5/h6,12H,1,7H2,2-5H3. The van der Waals surface area contributed by atoms with Crippen molar-refractivity contribution in [1.82, 2.24) is 0 Å². The van der Waals surface area contributed by atoms with Crippen LogP contribution in [0.4, 0.5) is 0 Å². The lowest BCUT2D eigenvalue weighted by molar-refractivity contribution is 0.685. The molecule has 0 bridgehead atoms. The Morgan fingerprint density at radius 1 is 1.42 bits per heavy atom. The molecule has 0 aliphatic heterocycles. The molecule has 0 saturated carbocycles. The van der Waals surface area contributed by atoms with E-state index in [0.717, 1.165) is 0 Å². The molecule has 1 aliphatic carbocycles. The highest BCUT2D eigenvalue weighted by molar-refractivity contribution is 5.35. The van der Waals surface area contributed by atoms with Gasteiger partial charge in [0.05, 0.1) is 0 Å². The zero-order valence-corrected chi connectivity index (χ0v) is 8.57. The predicted molar refractivity (Wildman–Crippen MR) is 55.1 cm³/mol. The van der Waals surface area contributed by atoms with Crippen LogP contribution in [0.2, 0.25) is 0 Å². The minimum Gasteiger partial charge on any atom is -0.0995 e. The first-order chi connectivity index (χ1) is 5.52. The Kier molecular flexibility index (Phi) is 2.56. The summed E-state index contributed by atoms with van der Waals surface area (Å²) in [6.45, 7) is 12.8. The van der Waals surface area contributed by atoms with E-state index in [2.05, 4.69) is 40.3 Å². The Hall–Kier alpha value is -0.780. The van der Waals surface area contributed by atoms with Gasteiger partial charge in [0.25, 0.3) is 0 Å². The summed E-state index contributed by atoms with van der Waals surface area (Å²) in [5.74, 6) is 0.591. The molecule has 1 atom stereocenters. The van der Waals surface area contributed by atoms with Crippen LogP contribution in [0.1, 0.15) is 34.1 Å². The van der Waals surface area contributed by atoms with Gasteiger partial charge in [0, 0.05) is 5.92 Å². The number of allylic oxidation sites excluding steroid dienone is 5. The van der Waals surface area contributed by atoms with Crippen molar-refractivity contribution < 1.29 is 0 Å². The quantitative estimate of drug-likeness (QED) is 0.513. The van der Waals surface area contributed by atoms with E-state index in [0.29, 0.717) is 5.92 Å². The second-order valence-corrected chi connectivity index (χ2v) is 3.95. The molecule has 12 heavy (non-hydrogen) atoms. The van der Waals surface area contributed by atoms with Crippen molar-refractivity contribution >= 4 is 0 Å². The molecule has 0 aromatic heterocycles. The van der Waals surface area contributed by atoms with Crippen molar-refractivity contribution in [2.75, 3.05) is 0 Å². The summed E-state index contributed by atoms with van der Waals surface area (Å²) in [6.07, 6.45) is 3.46. The summed E-state index contributed by atoms with van der Waals surface area (Å²) in [6, 6.07) is 0. The molecule has 0 heterocycles. The van der Waals surface area contributed by atoms with E-state index in [1.807, 2.05) is 0 Å². The monoisotopic (exact) mass is 162 g/mol. The zero-order valence-electron chi connectivity index (χ0n) is 8.57. The van der Waals surface area contributed by atoms with Crippen LogP contribution in [0, 0.1) is 5.92 Å². The van der Waals surface area contributed by atoms with Gasteiger partial charge in [-0.15, -0.1) is 0 Å². The second kappa shape index (κ2) is 3.30. The fraction of sp³-hybridized carbons (Fsp3) is 0.500. The first-order valence-corrected chi connectivity index (χ1v) is 4.52. The fourth-order valence-electron chi connectivity index (χ4n) is 1.76. The Morgan fingerprint density at radius 2 is 2.00 bits per heavy atom. The fourth-order valence-corrected chi connectivity index (χ4v) is 1.76. The molecule has 1 aliphatic rings. The van der Waals surface area contributed by atoms with Crippen LogP contribution in [0.25, 0.3) is 0 Å². The van der Waals surface area contributed by atoms with E-state index in [1.54, 1.807) is 0 Å². The van der Waals surface area contributed by atoms with Gasteiger partial charge in [-0.1, -0.05) is 34.9 Å². The summed E-state index contributed by atoms with van der Waals surface area (Å²) in [5.41, 5.74) is 5.69. The summed E-state index contributed by atoms with van der Waals surface area (Å²) < 4.78 is 0. The van der Waals surface area contributed by atoms with Crippen LogP contribution in [0.5, 0.6) is 0 Å². The van der Waals surface area contributed by atoms with Crippen molar-refractivity contribution in [3.63, 3.8) is 0 Å². The Labute approximate surface area is 75.7 Å². The summed E-state index contributed by atoms with van der Waals surface area (Å²) in [5, 5.41) is 0. The van der Waals surface area contributed by atoms with E-state index in [4.69, 9.17) is 0 Å². The Balaban J connectivity index is 2.92. The smallest absolute Gasteiger partial charge is 0.00392 e. The van der Waals surface area contributed by atoms with Gasteiger partial charge >= 0.3 is 0 Å². The molecule has 1 unspecified atom stereocenters. The maximum absolute atomic E-state index is 4.03. The first kappa shape index (κ1) is 9.31. The Bertz CT molecular complexity index is 264. The third-order valence-corrected chi connectivity index (χ3v) is 2.77. The summed E-state index contributed by atoms with van der Waals surface area (Å²) in [4.78, 5) is 0. The molecule has 66 valence electrons. The number of hydrogen-bond donors (Lipinski definition) is 0. The van der Waals surface area contributed by atoms with E-state index in [1.165, 1.54) is 28.7 Å². The molecular weight excluding hydrogens is 144 g/mol. The lowest BCUT2D eigenvalue weighted by Gasteiger charge is -2.24. The van der Waals surface area contributed by atoms with Gasteiger partial charge in [-0.2, -0.15) is 0 Å². The Morgan fingerprint density at radius 3 is 2.50 bits per heavy atom. The molecule has 0 fully saturated rings. The molecule has 0 heteroatoms. The van der Waals surface area contributed by atoms with E-state index < -0.39 is 0 Å². The largest absolute Gasteiger partial charge is 0.0995 e. The average molecular weight is 162 g/mol.